The molecule has 0 aromatic heterocycles. The molecule has 0 aliphatic carbocycles. The Balaban J connectivity index is 2.01. The molecule has 3 aromatic carbocycles. The number of ether oxygens (including phenoxy) is 1. The first-order valence-electron chi connectivity index (χ1n) is 7.55. The monoisotopic (exact) mass is 351 g/mol. The molecule has 25 heavy (non-hydrogen) atoms. The molecule has 0 spiro atoms. The van der Waals surface area contributed by atoms with E-state index in [0.29, 0.717) is 39.7 Å². The molecule has 0 bridgehead atoms. The minimum Gasteiger partial charge on any atom is -0.457 e. The van der Waals surface area contributed by atoms with Crippen molar-refractivity contribution in [2.75, 3.05) is 5.32 Å². The zero-order chi connectivity index (χ0) is 17.6. The van der Waals surface area contributed by atoms with Crippen LogP contribution in [0.5, 0.6) is 11.5 Å². The smallest absolute Gasteiger partial charge is 0.211 e. The lowest BCUT2D eigenvalue weighted by molar-refractivity contribution is -0.105. The largest absolute Gasteiger partial charge is 0.457 e. The van der Waals surface area contributed by atoms with Crippen molar-refractivity contribution in [3.8, 4) is 11.5 Å². The quantitative estimate of drug-likeness (QED) is 0.506. The van der Waals surface area contributed by atoms with E-state index < -0.39 is 0 Å². The van der Waals surface area contributed by atoms with Gasteiger partial charge < -0.3 is 10.1 Å². The predicted octanol–water partition coefficient (Wildman–Crippen LogP) is 4.93. The second kappa shape index (κ2) is 7.64. The first kappa shape index (κ1) is 16.7. The number of anilines is 1. The third kappa shape index (κ3) is 3.87. The van der Waals surface area contributed by atoms with E-state index in [1.54, 1.807) is 48.5 Å². The molecular weight excluding hydrogens is 338 g/mol. The Labute approximate surface area is 150 Å². The average molecular weight is 352 g/mol. The molecule has 0 radical (unpaired) electrons. The highest BCUT2D eigenvalue weighted by Crippen LogP contribution is 2.30. The number of carbonyl (C=O) groups excluding carboxylic acids is 2. The molecular formula is C20H14ClNO3. The summed E-state index contributed by atoms with van der Waals surface area (Å²) in [5.41, 5.74) is 1.06. The normalized spacial score (nSPS) is 10.1. The standard InChI is InChI=1S/C20H14ClNO3/c21-14-10-11-18(22-13-23)17(12-14)20(24)16-8-4-5-9-19(16)25-15-6-2-1-3-7-15/h1-13H,(H,22,23). The van der Waals surface area contributed by atoms with Gasteiger partial charge in [0.25, 0.3) is 0 Å². The lowest BCUT2D eigenvalue weighted by atomic mass is 10.0. The van der Waals surface area contributed by atoms with Crippen LogP contribution in [0, 0.1) is 0 Å². The van der Waals surface area contributed by atoms with Gasteiger partial charge in [-0.1, -0.05) is 41.9 Å². The Hall–Kier alpha value is -3.11. The second-order valence-electron chi connectivity index (χ2n) is 5.19. The molecule has 5 heteroatoms. The lowest BCUT2D eigenvalue weighted by Gasteiger charge is -2.12. The van der Waals surface area contributed by atoms with Crippen LogP contribution in [0.3, 0.4) is 0 Å². The van der Waals surface area contributed by atoms with Crippen LogP contribution in [-0.2, 0) is 4.79 Å². The van der Waals surface area contributed by atoms with Crippen LogP contribution in [0.25, 0.3) is 0 Å². The number of amides is 1. The Morgan fingerprint density at radius 2 is 1.64 bits per heavy atom. The molecule has 0 fully saturated rings. The van der Waals surface area contributed by atoms with Crippen molar-refractivity contribution in [3.05, 3.63) is 88.9 Å². The van der Waals surface area contributed by atoms with E-state index in [2.05, 4.69) is 5.32 Å². The van der Waals surface area contributed by atoms with Crippen molar-refractivity contribution in [1.29, 1.82) is 0 Å². The highest BCUT2D eigenvalue weighted by molar-refractivity contribution is 6.31. The highest BCUT2D eigenvalue weighted by atomic mass is 35.5. The minimum absolute atomic E-state index is 0.293. The molecule has 4 nitrogen and oxygen atoms in total. The summed E-state index contributed by atoms with van der Waals surface area (Å²) < 4.78 is 5.84. The molecule has 1 N–H and O–H groups in total. The number of nitrogens with one attached hydrogen (secondary N) is 1. The van der Waals surface area contributed by atoms with Gasteiger partial charge in [0.1, 0.15) is 11.5 Å². The number of hydrogen-bond donors (Lipinski definition) is 1. The average Bonchev–Trinajstić information content (AvgIpc) is 2.64. The van der Waals surface area contributed by atoms with E-state index in [0.717, 1.165) is 0 Å². The molecule has 0 aliphatic rings. The van der Waals surface area contributed by atoms with Crippen LogP contribution < -0.4 is 10.1 Å². The molecule has 3 rings (SSSR count). The summed E-state index contributed by atoms with van der Waals surface area (Å²) >= 11 is 6.02. The van der Waals surface area contributed by atoms with Crippen LogP contribution >= 0.6 is 11.6 Å². The molecule has 1 amide bonds. The van der Waals surface area contributed by atoms with Gasteiger partial charge in [-0.25, -0.2) is 0 Å². The Kier molecular flexibility index (Phi) is 5.11. The van der Waals surface area contributed by atoms with E-state index in [1.807, 2.05) is 18.2 Å². The maximum Gasteiger partial charge on any atom is 0.211 e. The Bertz CT molecular complexity index is 910. The van der Waals surface area contributed by atoms with Gasteiger partial charge in [-0.3, -0.25) is 9.59 Å². The zero-order valence-electron chi connectivity index (χ0n) is 13.1. The number of ketones is 1. The van der Waals surface area contributed by atoms with Gasteiger partial charge in [-0.15, -0.1) is 0 Å². The van der Waals surface area contributed by atoms with Crippen LogP contribution in [-0.4, -0.2) is 12.2 Å². The van der Waals surface area contributed by atoms with Gasteiger partial charge in [0.05, 0.1) is 11.3 Å². The number of halogens is 1. The van der Waals surface area contributed by atoms with E-state index >= 15 is 0 Å². The summed E-state index contributed by atoms with van der Waals surface area (Å²) in [5, 5.41) is 2.93. The highest BCUT2D eigenvalue weighted by Gasteiger charge is 2.18. The van der Waals surface area contributed by atoms with Gasteiger partial charge in [0.15, 0.2) is 5.78 Å². The SMILES string of the molecule is O=CNc1ccc(Cl)cc1C(=O)c1ccccc1Oc1ccccc1. The fraction of sp³-hybridized carbons (Fsp3) is 0. The van der Waals surface area contributed by atoms with Gasteiger partial charge in [-0.05, 0) is 42.5 Å². The van der Waals surface area contributed by atoms with Crippen molar-refractivity contribution in [1.82, 2.24) is 0 Å². The van der Waals surface area contributed by atoms with Crippen molar-refractivity contribution in [2.45, 2.75) is 0 Å². The molecule has 0 saturated heterocycles. The van der Waals surface area contributed by atoms with Crippen LogP contribution in [0.15, 0.2) is 72.8 Å². The summed E-state index contributed by atoms with van der Waals surface area (Å²) in [7, 11) is 0. The Morgan fingerprint density at radius 3 is 2.40 bits per heavy atom. The predicted molar refractivity (Wildman–Crippen MR) is 97.5 cm³/mol. The molecule has 0 aliphatic heterocycles. The first-order chi connectivity index (χ1) is 12.2. The number of para-hydroxylation sites is 2. The van der Waals surface area contributed by atoms with Gasteiger partial charge in [0.2, 0.25) is 6.41 Å². The maximum absolute atomic E-state index is 13.0. The molecule has 0 atom stereocenters. The minimum atomic E-state index is -0.293. The van der Waals surface area contributed by atoms with Crippen molar-refractivity contribution in [3.63, 3.8) is 0 Å². The summed E-state index contributed by atoms with van der Waals surface area (Å²) in [6.45, 7) is 0. The van der Waals surface area contributed by atoms with E-state index in [-0.39, 0.29) is 5.78 Å². The third-order valence-electron chi connectivity index (χ3n) is 3.54. The topological polar surface area (TPSA) is 55.4 Å². The van der Waals surface area contributed by atoms with Crippen LogP contribution in [0.1, 0.15) is 15.9 Å². The fourth-order valence-corrected chi connectivity index (χ4v) is 2.57. The first-order valence-corrected chi connectivity index (χ1v) is 7.93. The van der Waals surface area contributed by atoms with E-state index in [9.17, 15) is 9.59 Å². The van der Waals surface area contributed by atoms with Gasteiger partial charge >= 0.3 is 0 Å². The molecule has 124 valence electrons. The fourth-order valence-electron chi connectivity index (χ4n) is 2.40. The maximum atomic E-state index is 13.0. The van der Waals surface area contributed by atoms with Crippen molar-refractivity contribution < 1.29 is 14.3 Å². The second-order valence-corrected chi connectivity index (χ2v) is 5.63. The summed E-state index contributed by atoms with van der Waals surface area (Å²) in [6, 6.07) is 20.8. The van der Waals surface area contributed by atoms with E-state index in [1.165, 1.54) is 6.07 Å². The van der Waals surface area contributed by atoms with Crippen molar-refractivity contribution >= 4 is 29.5 Å². The zero-order valence-corrected chi connectivity index (χ0v) is 13.9. The van der Waals surface area contributed by atoms with Crippen LogP contribution in [0.4, 0.5) is 5.69 Å². The number of rotatable bonds is 6. The summed E-state index contributed by atoms with van der Waals surface area (Å²) in [4.78, 5) is 23.8. The van der Waals surface area contributed by atoms with Gasteiger partial charge in [0, 0.05) is 10.6 Å². The summed E-state index contributed by atoms with van der Waals surface area (Å²) in [6.07, 6.45) is 0.520. The molecule has 0 saturated carbocycles. The molecule has 0 unspecified atom stereocenters. The van der Waals surface area contributed by atoms with Crippen LogP contribution in [0.2, 0.25) is 5.02 Å². The number of benzene rings is 3. The van der Waals surface area contributed by atoms with E-state index in [4.69, 9.17) is 16.3 Å². The number of carbonyl (C=O) groups is 2. The van der Waals surface area contributed by atoms with Crippen molar-refractivity contribution in [2.24, 2.45) is 0 Å². The lowest BCUT2D eigenvalue weighted by Crippen LogP contribution is -2.08. The van der Waals surface area contributed by atoms with Gasteiger partial charge in [-0.2, -0.15) is 0 Å². The molecule has 3 aromatic rings. The number of hydrogen-bond acceptors (Lipinski definition) is 3. The summed E-state index contributed by atoms with van der Waals surface area (Å²) in [5.74, 6) is 0.759. The third-order valence-corrected chi connectivity index (χ3v) is 3.78. The Morgan fingerprint density at radius 1 is 0.920 bits per heavy atom. The molecule has 0 heterocycles.